The topological polar surface area (TPSA) is 102 Å². The molecule has 2 amide bonds. The molecular formula is C17H15N3O5. The van der Waals surface area contributed by atoms with Gasteiger partial charge in [0, 0.05) is 30.4 Å². The summed E-state index contributed by atoms with van der Waals surface area (Å²) in [6, 6.07) is 10.1. The number of hydrogen-bond acceptors (Lipinski definition) is 5. The van der Waals surface area contributed by atoms with Crippen molar-refractivity contribution in [1.29, 1.82) is 0 Å². The fraction of sp³-hybridized carbons (Fsp3) is 0.176. The average Bonchev–Trinajstić information content (AvgIpc) is 2.74. The zero-order chi connectivity index (χ0) is 18.0. The molecule has 0 bridgehead atoms. The number of nitro benzene ring substituents is 1. The number of rotatable bonds is 3. The molecule has 0 atom stereocenters. The van der Waals surface area contributed by atoms with E-state index in [1.165, 1.54) is 24.3 Å². The van der Waals surface area contributed by atoms with Gasteiger partial charge in [-0.1, -0.05) is 0 Å². The summed E-state index contributed by atoms with van der Waals surface area (Å²) in [6.07, 6.45) is 0. The van der Waals surface area contributed by atoms with Crippen LogP contribution in [-0.2, 0) is 0 Å². The van der Waals surface area contributed by atoms with Crippen LogP contribution in [0.5, 0.6) is 5.75 Å². The highest BCUT2D eigenvalue weighted by atomic mass is 16.6. The molecule has 3 rings (SSSR count). The van der Waals surface area contributed by atoms with Crippen molar-refractivity contribution >= 4 is 23.2 Å². The number of amides is 2. The van der Waals surface area contributed by atoms with E-state index < -0.39 is 10.8 Å². The number of ether oxygens (including phenoxy) is 1. The van der Waals surface area contributed by atoms with Crippen molar-refractivity contribution in [3.63, 3.8) is 0 Å². The van der Waals surface area contributed by atoms with E-state index in [0.29, 0.717) is 30.2 Å². The molecule has 2 aromatic rings. The van der Waals surface area contributed by atoms with Gasteiger partial charge in [0.15, 0.2) is 0 Å². The molecule has 0 aromatic heterocycles. The molecule has 0 fully saturated rings. The second-order valence-electron chi connectivity index (χ2n) is 5.54. The second kappa shape index (κ2) is 6.60. The van der Waals surface area contributed by atoms with Gasteiger partial charge in [-0.3, -0.25) is 19.7 Å². The van der Waals surface area contributed by atoms with Gasteiger partial charge in [0.25, 0.3) is 17.5 Å². The van der Waals surface area contributed by atoms with E-state index in [9.17, 15) is 19.7 Å². The number of nitro groups is 1. The third-order valence-electron chi connectivity index (χ3n) is 3.84. The fourth-order valence-corrected chi connectivity index (χ4v) is 2.44. The lowest BCUT2D eigenvalue weighted by Gasteiger charge is -2.13. The van der Waals surface area contributed by atoms with E-state index >= 15 is 0 Å². The molecular weight excluding hydrogens is 326 g/mol. The summed E-state index contributed by atoms with van der Waals surface area (Å²) in [7, 11) is 1.68. The number of fused-ring (bicyclic) bond motifs is 1. The Labute approximate surface area is 143 Å². The maximum absolute atomic E-state index is 12.3. The predicted octanol–water partition coefficient (Wildman–Crippen LogP) is 2.31. The zero-order valence-corrected chi connectivity index (χ0v) is 13.4. The van der Waals surface area contributed by atoms with Gasteiger partial charge in [0.1, 0.15) is 12.4 Å². The van der Waals surface area contributed by atoms with Gasteiger partial charge >= 0.3 is 0 Å². The van der Waals surface area contributed by atoms with Crippen LogP contribution < -0.4 is 10.1 Å². The van der Waals surface area contributed by atoms with Crippen LogP contribution in [0.2, 0.25) is 0 Å². The molecule has 2 aromatic carbocycles. The van der Waals surface area contributed by atoms with Crippen LogP contribution >= 0.6 is 0 Å². The average molecular weight is 341 g/mol. The molecule has 0 radical (unpaired) electrons. The largest absolute Gasteiger partial charge is 0.491 e. The Balaban J connectivity index is 1.81. The summed E-state index contributed by atoms with van der Waals surface area (Å²) >= 11 is 0. The Bertz CT molecular complexity index is 848. The minimum Gasteiger partial charge on any atom is -0.491 e. The monoisotopic (exact) mass is 341 g/mol. The Hall–Kier alpha value is -3.42. The lowest BCUT2D eigenvalue weighted by atomic mass is 10.1. The van der Waals surface area contributed by atoms with Gasteiger partial charge in [-0.05, 0) is 30.3 Å². The van der Waals surface area contributed by atoms with Crippen LogP contribution in [0.3, 0.4) is 0 Å². The Kier molecular flexibility index (Phi) is 4.34. The highest BCUT2D eigenvalue weighted by Crippen LogP contribution is 2.26. The standard InChI is InChI=1S/C17H15N3O5/c1-19-8-9-25-15-7-4-12(10-14(15)17(19)22)18-16(21)11-2-5-13(6-3-11)20(23)24/h2-7,10H,8-9H2,1H3,(H,18,21). The number of nitrogens with one attached hydrogen (secondary N) is 1. The second-order valence-corrected chi connectivity index (χ2v) is 5.54. The minimum absolute atomic E-state index is 0.0904. The minimum atomic E-state index is -0.531. The van der Waals surface area contributed by atoms with Crippen LogP contribution in [-0.4, -0.2) is 41.8 Å². The third-order valence-corrected chi connectivity index (χ3v) is 3.84. The zero-order valence-electron chi connectivity index (χ0n) is 13.4. The molecule has 0 spiro atoms. The summed E-state index contributed by atoms with van der Waals surface area (Å²) < 4.78 is 5.53. The molecule has 1 heterocycles. The summed E-state index contributed by atoms with van der Waals surface area (Å²) in [5, 5.41) is 13.3. The van der Waals surface area contributed by atoms with Gasteiger partial charge in [0.2, 0.25) is 0 Å². The molecule has 0 saturated heterocycles. The van der Waals surface area contributed by atoms with Crippen LogP contribution in [0.15, 0.2) is 42.5 Å². The number of hydrogen-bond donors (Lipinski definition) is 1. The van der Waals surface area contributed by atoms with Crippen molar-refractivity contribution in [2.45, 2.75) is 0 Å². The van der Waals surface area contributed by atoms with E-state index in [1.807, 2.05) is 0 Å². The van der Waals surface area contributed by atoms with Crippen LogP contribution in [0.4, 0.5) is 11.4 Å². The lowest BCUT2D eigenvalue weighted by molar-refractivity contribution is -0.384. The van der Waals surface area contributed by atoms with Crippen molar-refractivity contribution in [1.82, 2.24) is 4.90 Å². The van der Waals surface area contributed by atoms with Gasteiger partial charge < -0.3 is 15.0 Å². The number of nitrogens with zero attached hydrogens (tertiary/aromatic N) is 2. The number of anilines is 1. The van der Waals surface area contributed by atoms with E-state index in [0.717, 1.165) is 0 Å². The first-order chi connectivity index (χ1) is 12.0. The van der Waals surface area contributed by atoms with Crippen molar-refractivity contribution in [2.24, 2.45) is 0 Å². The van der Waals surface area contributed by atoms with Crippen molar-refractivity contribution < 1.29 is 19.2 Å². The Morgan fingerprint density at radius 2 is 1.96 bits per heavy atom. The molecule has 8 heteroatoms. The number of likely N-dealkylation sites (N-methyl/N-ethyl adjacent to an activating group) is 1. The fourth-order valence-electron chi connectivity index (χ4n) is 2.44. The van der Waals surface area contributed by atoms with Gasteiger partial charge in [0.05, 0.1) is 17.0 Å². The van der Waals surface area contributed by atoms with E-state index in [1.54, 1.807) is 30.1 Å². The Morgan fingerprint density at radius 1 is 1.24 bits per heavy atom. The molecule has 0 aliphatic carbocycles. The summed E-state index contributed by atoms with van der Waals surface area (Å²) in [5.74, 6) is -0.133. The molecule has 25 heavy (non-hydrogen) atoms. The van der Waals surface area contributed by atoms with Gasteiger partial charge in [-0.25, -0.2) is 0 Å². The highest BCUT2D eigenvalue weighted by Gasteiger charge is 2.21. The van der Waals surface area contributed by atoms with Crippen molar-refractivity contribution in [2.75, 3.05) is 25.5 Å². The van der Waals surface area contributed by atoms with Crippen LogP contribution in [0.25, 0.3) is 0 Å². The third kappa shape index (κ3) is 3.42. The first-order valence-electron chi connectivity index (χ1n) is 7.54. The summed E-state index contributed by atoms with van der Waals surface area (Å²) in [6.45, 7) is 0.891. The van der Waals surface area contributed by atoms with Crippen LogP contribution in [0.1, 0.15) is 20.7 Å². The predicted molar refractivity (Wildman–Crippen MR) is 89.9 cm³/mol. The molecule has 1 N–H and O–H groups in total. The number of non-ortho nitro benzene ring substituents is 1. The molecule has 8 nitrogen and oxygen atoms in total. The van der Waals surface area contributed by atoms with Crippen LogP contribution in [0, 0.1) is 10.1 Å². The molecule has 128 valence electrons. The lowest BCUT2D eigenvalue weighted by Crippen LogP contribution is -2.27. The summed E-state index contributed by atoms with van der Waals surface area (Å²) in [5.41, 5.74) is 1.00. The highest BCUT2D eigenvalue weighted by molar-refractivity contribution is 6.05. The molecule has 1 aliphatic rings. The van der Waals surface area contributed by atoms with E-state index in [4.69, 9.17) is 4.74 Å². The Morgan fingerprint density at radius 3 is 2.64 bits per heavy atom. The van der Waals surface area contributed by atoms with Gasteiger partial charge in [-0.15, -0.1) is 0 Å². The summed E-state index contributed by atoms with van der Waals surface area (Å²) in [4.78, 5) is 36.3. The number of benzene rings is 2. The maximum Gasteiger partial charge on any atom is 0.269 e. The maximum atomic E-state index is 12.3. The first kappa shape index (κ1) is 16.4. The SMILES string of the molecule is CN1CCOc2ccc(NC(=O)c3ccc([N+](=O)[O-])cc3)cc2C1=O. The van der Waals surface area contributed by atoms with Crippen molar-refractivity contribution in [3.05, 3.63) is 63.7 Å². The number of carbonyl (C=O) groups is 2. The normalized spacial score (nSPS) is 13.5. The van der Waals surface area contributed by atoms with Gasteiger partial charge in [-0.2, -0.15) is 0 Å². The molecule has 0 saturated carbocycles. The smallest absolute Gasteiger partial charge is 0.269 e. The first-order valence-corrected chi connectivity index (χ1v) is 7.54. The van der Waals surface area contributed by atoms with E-state index in [2.05, 4.69) is 5.32 Å². The number of carbonyl (C=O) groups excluding carboxylic acids is 2. The molecule has 0 unspecified atom stereocenters. The van der Waals surface area contributed by atoms with Crippen molar-refractivity contribution in [3.8, 4) is 5.75 Å². The quantitative estimate of drug-likeness (QED) is 0.682. The van der Waals surface area contributed by atoms with E-state index in [-0.39, 0.29) is 17.2 Å². The molecule has 1 aliphatic heterocycles.